The molecule has 0 aliphatic heterocycles. The van der Waals surface area contributed by atoms with Crippen molar-refractivity contribution in [2.75, 3.05) is 25.9 Å². The highest BCUT2D eigenvalue weighted by molar-refractivity contribution is 7.11. The van der Waals surface area contributed by atoms with E-state index in [0.717, 1.165) is 41.6 Å². The summed E-state index contributed by atoms with van der Waals surface area (Å²) >= 11 is 1.71. The maximum Gasteiger partial charge on any atom is 0.190 e. The number of nitrogen functional groups attached to an aromatic ring is 1. The SMILES string of the molecule is CN=C(NCCCc1nn(-c2ccc(C)cc2)c(N)c1C#N)NCCc1ncc(C)s1. The average molecular weight is 437 g/mol. The van der Waals surface area contributed by atoms with Gasteiger partial charge in [0.1, 0.15) is 17.5 Å². The number of nitrogens with two attached hydrogens (primary N) is 1. The lowest BCUT2D eigenvalue weighted by molar-refractivity contribution is 0.720. The van der Waals surface area contributed by atoms with Gasteiger partial charge in [0.15, 0.2) is 5.96 Å². The third-order valence-corrected chi connectivity index (χ3v) is 5.76. The fraction of sp³-hybridized carbons (Fsp3) is 0.364. The highest BCUT2D eigenvalue weighted by atomic mass is 32.1. The monoisotopic (exact) mass is 436 g/mol. The van der Waals surface area contributed by atoms with Crippen LogP contribution in [0.2, 0.25) is 0 Å². The van der Waals surface area contributed by atoms with Crippen LogP contribution in [-0.2, 0) is 12.8 Å². The molecule has 9 heteroatoms. The number of guanidine groups is 1. The molecule has 8 nitrogen and oxygen atoms in total. The molecule has 0 fully saturated rings. The van der Waals surface area contributed by atoms with Crippen LogP contribution < -0.4 is 16.4 Å². The maximum atomic E-state index is 9.55. The molecule has 0 aliphatic carbocycles. The molecule has 0 atom stereocenters. The first-order chi connectivity index (χ1) is 15.0. The van der Waals surface area contributed by atoms with Crippen LogP contribution in [0.3, 0.4) is 0 Å². The largest absolute Gasteiger partial charge is 0.382 e. The number of hydrogen-bond donors (Lipinski definition) is 3. The summed E-state index contributed by atoms with van der Waals surface area (Å²) < 4.78 is 1.64. The Morgan fingerprint density at radius 1 is 1.19 bits per heavy atom. The van der Waals surface area contributed by atoms with Gasteiger partial charge in [-0.05, 0) is 38.8 Å². The Balaban J connectivity index is 1.51. The number of nitrogens with one attached hydrogen (secondary N) is 2. The molecule has 4 N–H and O–H groups in total. The van der Waals surface area contributed by atoms with Crippen LogP contribution in [0.5, 0.6) is 0 Å². The molecule has 0 unspecified atom stereocenters. The van der Waals surface area contributed by atoms with Crippen LogP contribution in [0.4, 0.5) is 5.82 Å². The Labute approximate surface area is 186 Å². The van der Waals surface area contributed by atoms with Gasteiger partial charge in [0.2, 0.25) is 0 Å². The number of nitrogens with zero attached hydrogens (tertiary/aromatic N) is 5. The normalized spacial score (nSPS) is 11.4. The highest BCUT2D eigenvalue weighted by Crippen LogP contribution is 2.21. The molecule has 3 rings (SSSR count). The van der Waals surface area contributed by atoms with Gasteiger partial charge in [-0.3, -0.25) is 4.99 Å². The van der Waals surface area contributed by atoms with Crippen LogP contribution in [0.1, 0.15) is 33.1 Å². The fourth-order valence-corrected chi connectivity index (χ4v) is 3.93. The molecule has 0 aliphatic rings. The van der Waals surface area contributed by atoms with Crippen molar-refractivity contribution in [1.29, 1.82) is 5.26 Å². The minimum atomic E-state index is 0.379. The van der Waals surface area contributed by atoms with Crippen molar-refractivity contribution in [3.8, 4) is 11.8 Å². The van der Waals surface area contributed by atoms with E-state index in [0.29, 0.717) is 30.0 Å². The molecule has 2 heterocycles. The summed E-state index contributed by atoms with van der Waals surface area (Å²) in [6, 6.07) is 10.1. The minimum absolute atomic E-state index is 0.379. The summed E-state index contributed by atoms with van der Waals surface area (Å²) in [5.74, 6) is 1.13. The second-order valence-corrected chi connectivity index (χ2v) is 8.53. The average Bonchev–Trinajstić information content (AvgIpc) is 3.32. The van der Waals surface area contributed by atoms with Crippen molar-refractivity contribution in [3.63, 3.8) is 0 Å². The van der Waals surface area contributed by atoms with E-state index in [1.807, 2.05) is 37.4 Å². The molecule has 0 saturated heterocycles. The summed E-state index contributed by atoms with van der Waals surface area (Å²) in [7, 11) is 1.75. The Hall–Kier alpha value is -3.38. The van der Waals surface area contributed by atoms with E-state index >= 15 is 0 Å². The van der Waals surface area contributed by atoms with E-state index in [1.54, 1.807) is 23.1 Å². The molecule has 162 valence electrons. The van der Waals surface area contributed by atoms with Gasteiger partial charge in [0.25, 0.3) is 0 Å². The van der Waals surface area contributed by atoms with Gasteiger partial charge >= 0.3 is 0 Å². The lowest BCUT2D eigenvalue weighted by Crippen LogP contribution is -2.38. The first-order valence-electron chi connectivity index (χ1n) is 10.2. The van der Waals surface area contributed by atoms with E-state index < -0.39 is 0 Å². The van der Waals surface area contributed by atoms with Crippen LogP contribution in [0.25, 0.3) is 5.69 Å². The van der Waals surface area contributed by atoms with Crippen LogP contribution in [0.15, 0.2) is 35.5 Å². The van der Waals surface area contributed by atoms with Crippen LogP contribution >= 0.6 is 11.3 Å². The molecule has 0 bridgehead atoms. The van der Waals surface area contributed by atoms with Gasteiger partial charge in [-0.1, -0.05) is 17.7 Å². The van der Waals surface area contributed by atoms with Gasteiger partial charge in [-0.2, -0.15) is 10.4 Å². The molecule has 0 saturated carbocycles. The maximum absolute atomic E-state index is 9.55. The Bertz CT molecular complexity index is 1070. The number of aromatic nitrogens is 3. The van der Waals surface area contributed by atoms with Gasteiger partial charge in [0, 0.05) is 37.6 Å². The third kappa shape index (κ3) is 5.83. The zero-order valence-corrected chi connectivity index (χ0v) is 19.0. The van der Waals surface area contributed by atoms with E-state index in [1.165, 1.54) is 4.88 Å². The standard InChI is InChI=1S/C22H28N8S/c1-15-6-8-17(9-7-15)30-21(24)18(13-23)19(29-30)5-4-11-26-22(25-3)27-12-10-20-28-14-16(2)31-20/h6-9,14H,4-5,10-12,24H2,1-3H3,(H2,25,26,27). The number of anilines is 1. The molecule has 0 amide bonds. The summed E-state index contributed by atoms with van der Waals surface area (Å²) in [6.45, 7) is 5.56. The first-order valence-corrected chi connectivity index (χ1v) is 11.0. The van der Waals surface area contributed by atoms with E-state index in [2.05, 4.69) is 38.7 Å². The molecular weight excluding hydrogens is 408 g/mol. The van der Waals surface area contributed by atoms with Gasteiger partial charge in [-0.25, -0.2) is 9.67 Å². The topological polar surface area (TPSA) is 117 Å². The molecule has 0 radical (unpaired) electrons. The van der Waals surface area contributed by atoms with Crippen LogP contribution in [0, 0.1) is 25.2 Å². The second kappa shape index (κ2) is 10.6. The molecule has 3 aromatic rings. The Kier molecular flexibility index (Phi) is 7.62. The number of hydrogen-bond acceptors (Lipinski definition) is 6. The molecule has 1 aromatic carbocycles. The summed E-state index contributed by atoms with van der Waals surface area (Å²) in [5, 5.41) is 21.9. The number of rotatable bonds is 8. The van der Waals surface area contributed by atoms with E-state index in [4.69, 9.17) is 5.73 Å². The van der Waals surface area contributed by atoms with Crippen molar-refractivity contribution in [2.24, 2.45) is 4.99 Å². The number of aryl methyl sites for hydroxylation is 3. The molecule has 2 aromatic heterocycles. The smallest absolute Gasteiger partial charge is 0.190 e. The van der Waals surface area contributed by atoms with Crippen molar-refractivity contribution in [3.05, 3.63) is 57.2 Å². The lowest BCUT2D eigenvalue weighted by Gasteiger charge is -2.11. The quantitative estimate of drug-likeness (QED) is 0.284. The number of nitriles is 1. The van der Waals surface area contributed by atoms with Gasteiger partial charge < -0.3 is 16.4 Å². The lowest BCUT2D eigenvalue weighted by atomic mass is 10.1. The van der Waals surface area contributed by atoms with Crippen molar-refractivity contribution >= 4 is 23.1 Å². The number of aliphatic imine (C=N–C) groups is 1. The van der Waals surface area contributed by atoms with E-state index in [-0.39, 0.29) is 0 Å². The minimum Gasteiger partial charge on any atom is -0.382 e. The number of thiazole rings is 1. The van der Waals surface area contributed by atoms with Gasteiger partial charge in [-0.15, -0.1) is 11.3 Å². The van der Waals surface area contributed by atoms with Crippen LogP contribution in [-0.4, -0.2) is 40.9 Å². The number of benzene rings is 1. The summed E-state index contributed by atoms with van der Waals surface area (Å²) in [5.41, 5.74) is 9.36. The predicted molar refractivity (Wildman–Crippen MR) is 126 cm³/mol. The van der Waals surface area contributed by atoms with Crippen molar-refractivity contribution in [2.45, 2.75) is 33.1 Å². The van der Waals surface area contributed by atoms with Gasteiger partial charge in [0.05, 0.1) is 16.4 Å². The van der Waals surface area contributed by atoms with E-state index in [9.17, 15) is 5.26 Å². The van der Waals surface area contributed by atoms with Crippen molar-refractivity contribution in [1.82, 2.24) is 25.4 Å². The highest BCUT2D eigenvalue weighted by Gasteiger charge is 2.16. The molecule has 31 heavy (non-hydrogen) atoms. The zero-order chi connectivity index (χ0) is 22.2. The summed E-state index contributed by atoms with van der Waals surface area (Å²) in [4.78, 5) is 9.85. The van der Waals surface area contributed by atoms with Crippen molar-refractivity contribution < 1.29 is 0 Å². The first kappa shape index (κ1) is 22.3. The Morgan fingerprint density at radius 3 is 2.58 bits per heavy atom. The Morgan fingerprint density at radius 2 is 1.94 bits per heavy atom. The summed E-state index contributed by atoms with van der Waals surface area (Å²) in [6.07, 6.45) is 4.20. The zero-order valence-electron chi connectivity index (χ0n) is 18.1. The molecule has 0 spiro atoms. The molecular formula is C22H28N8S. The third-order valence-electron chi connectivity index (χ3n) is 4.79. The fourth-order valence-electron chi connectivity index (χ4n) is 3.15. The predicted octanol–water partition coefficient (Wildman–Crippen LogP) is 2.74. The second-order valence-electron chi connectivity index (χ2n) is 7.21.